The minimum atomic E-state index is -0.433. The van der Waals surface area contributed by atoms with Gasteiger partial charge in [-0.25, -0.2) is 15.8 Å². The number of nitrogens with zero attached hydrogens (tertiary/aromatic N) is 2. The number of ether oxygens (including phenoxy) is 1. The molecular weight excluding hydrogens is 231 g/mol. The van der Waals surface area contributed by atoms with Crippen molar-refractivity contribution in [3.05, 3.63) is 18.0 Å². The Hall–Kier alpha value is -1.11. The van der Waals surface area contributed by atoms with Gasteiger partial charge in [-0.1, -0.05) is 0 Å². The molecule has 0 saturated carbocycles. The molecule has 3 N–H and O–H groups in total. The molecule has 1 rings (SSSR count). The lowest BCUT2D eigenvalue weighted by Gasteiger charge is -1.98. The van der Waals surface area contributed by atoms with Crippen LogP contribution in [0.3, 0.4) is 0 Å². The zero-order chi connectivity index (χ0) is 8.97. The van der Waals surface area contributed by atoms with E-state index in [4.69, 9.17) is 10.6 Å². The summed E-state index contributed by atoms with van der Waals surface area (Å²) in [5.74, 6) is 4.46. The molecule has 1 aromatic rings. The Kier molecular flexibility index (Phi) is 8.02. The van der Waals surface area contributed by atoms with E-state index in [2.05, 4.69) is 9.97 Å². The van der Waals surface area contributed by atoms with Crippen molar-refractivity contribution in [3.8, 4) is 6.01 Å². The maximum Gasteiger partial charge on any atom is 0.316 e. The van der Waals surface area contributed by atoms with Gasteiger partial charge in [-0.2, -0.15) is 0 Å². The number of hydrogen-bond donors (Lipinski definition) is 2. The molecule has 80 valence electrons. The van der Waals surface area contributed by atoms with E-state index in [1.807, 2.05) is 5.43 Å². The van der Waals surface area contributed by atoms with E-state index in [9.17, 15) is 4.79 Å². The van der Waals surface area contributed by atoms with Crippen LogP contribution >= 0.6 is 24.8 Å². The quantitative estimate of drug-likeness (QED) is 0.429. The molecule has 1 aromatic heterocycles. The highest BCUT2D eigenvalue weighted by Gasteiger charge is 2.03. The van der Waals surface area contributed by atoms with Crippen LogP contribution in [0.15, 0.2) is 12.4 Å². The Morgan fingerprint density at radius 1 is 1.43 bits per heavy atom. The zero-order valence-electron chi connectivity index (χ0n) is 7.26. The van der Waals surface area contributed by atoms with Gasteiger partial charge < -0.3 is 4.74 Å². The normalized spacial score (nSPS) is 7.86. The standard InChI is InChI=1S/C6H8N4O2.2ClH/c1-12-6-8-2-4(3-9-6)5(11)10-7;;/h2-3H,7H2,1H3,(H,10,11);2*1H. The number of nitrogens with one attached hydrogen (secondary N) is 1. The van der Waals surface area contributed by atoms with E-state index in [1.54, 1.807) is 0 Å². The molecule has 0 radical (unpaired) electrons. The molecule has 6 nitrogen and oxygen atoms in total. The van der Waals surface area contributed by atoms with Gasteiger partial charge in [0.1, 0.15) is 0 Å². The topological polar surface area (TPSA) is 90.1 Å². The number of carbonyl (C=O) groups excluding carboxylic acids is 1. The second kappa shape index (κ2) is 7.31. The van der Waals surface area contributed by atoms with E-state index >= 15 is 0 Å². The van der Waals surface area contributed by atoms with Crippen LogP contribution in [0.25, 0.3) is 0 Å². The lowest BCUT2D eigenvalue weighted by Crippen LogP contribution is -2.30. The van der Waals surface area contributed by atoms with Gasteiger partial charge in [0.15, 0.2) is 0 Å². The molecule has 0 aliphatic rings. The Labute approximate surface area is 93.0 Å². The highest BCUT2D eigenvalue weighted by molar-refractivity contribution is 5.93. The van der Waals surface area contributed by atoms with Gasteiger partial charge in [0.2, 0.25) is 0 Å². The molecule has 8 heteroatoms. The molecule has 0 saturated heterocycles. The van der Waals surface area contributed by atoms with Crippen molar-refractivity contribution >= 4 is 30.7 Å². The fourth-order valence-corrected chi connectivity index (χ4v) is 0.622. The average Bonchev–Trinajstić information content (AvgIpc) is 2.17. The van der Waals surface area contributed by atoms with E-state index < -0.39 is 5.91 Å². The number of hydrogen-bond acceptors (Lipinski definition) is 5. The van der Waals surface area contributed by atoms with Gasteiger partial charge in [0.05, 0.1) is 12.7 Å². The first-order valence-corrected chi connectivity index (χ1v) is 3.15. The molecule has 0 atom stereocenters. The van der Waals surface area contributed by atoms with Crippen molar-refractivity contribution in [3.63, 3.8) is 0 Å². The maximum atomic E-state index is 10.9. The Morgan fingerprint density at radius 3 is 2.29 bits per heavy atom. The van der Waals surface area contributed by atoms with Crippen LogP contribution in [0.4, 0.5) is 0 Å². The molecule has 0 spiro atoms. The van der Waals surface area contributed by atoms with Gasteiger partial charge in [-0.05, 0) is 0 Å². The van der Waals surface area contributed by atoms with Gasteiger partial charge in [0, 0.05) is 12.4 Å². The molecule has 0 bridgehead atoms. The van der Waals surface area contributed by atoms with Gasteiger partial charge in [-0.15, -0.1) is 24.8 Å². The lowest BCUT2D eigenvalue weighted by atomic mass is 10.3. The molecule has 0 aliphatic carbocycles. The van der Waals surface area contributed by atoms with Crippen LogP contribution in [0.2, 0.25) is 0 Å². The molecule has 1 heterocycles. The molecule has 14 heavy (non-hydrogen) atoms. The number of carbonyl (C=O) groups is 1. The minimum absolute atomic E-state index is 0. The summed E-state index contributed by atoms with van der Waals surface area (Å²) in [4.78, 5) is 18.3. The van der Waals surface area contributed by atoms with Crippen molar-refractivity contribution in [2.45, 2.75) is 0 Å². The molecule has 0 aromatic carbocycles. The van der Waals surface area contributed by atoms with Crippen LogP contribution in [0, 0.1) is 0 Å². The summed E-state index contributed by atoms with van der Waals surface area (Å²) in [7, 11) is 1.44. The van der Waals surface area contributed by atoms with Gasteiger partial charge in [0.25, 0.3) is 5.91 Å². The lowest BCUT2D eigenvalue weighted by molar-refractivity contribution is 0.0952. The Bertz CT molecular complexity index is 280. The number of rotatable bonds is 2. The fraction of sp³-hybridized carbons (Fsp3) is 0.167. The third kappa shape index (κ3) is 3.73. The highest BCUT2D eigenvalue weighted by atomic mass is 35.5. The molecule has 1 amide bonds. The maximum absolute atomic E-state index is 10.9. The predicted octanol–water partition coefficient (Wildman–Crippen LogP) is -0.0677. The zero-order valence-corrected chi connectivity index (χ0v) is 8.89. The molecular formula is C6H10Cl2N4O2. The molecule has 0 unspecified atom stereocenters. The summed E-state index contributed by atoms with van der Waals surface area (Å²) in [6, 6.07) is 0.212. The number of nitrogens with two attached hydrogens (primary N) is 1. The van der Waals surface area contributed by atoms with Crippen LogP contribution in [0.5, 0.6) is 6.01 Å². The predicted molar refractivity (Wildman–Crippen MR) is 54.7 cm³/mol. The van der Waals surface area contributed by atoms with Crippen LogP contribution in [-0.2, 0) is 0 Å². The summed E-state index contributed by atoms with van der Waals surface area (Å²) in [5, 5.41) is 0. The van der Waals surface area contributed by atoms with Crippen molar-refractivity contribution in [2.24, 2.45) is 5.84 Å². The van der Waals surface area contributed by atoms with E-state index in [0.29, 0.717) is 5.56 Å². The summed E-state index contributed by atoms with van der Waals surface area (Å²) in [6.45, 7) is 0. The van der Waals surface area contributed by atoms with Crippen molar-refractivity contribution < 1.29 is 9.53 Å². The first kappa shape index (κ1) is 15.4. The second-order valence-electron chi connectivity index (χ2n) is 1.93. The van der Waals surface area contributed by atoms with Crippen LogP contribution in [0.1, 0.15) is 10.4 Å². The van der Waals surface area contributed by atoms with E-state index in [-0.39, 0.29) is 30.8 Å². The van der Waals surface area contributed by atoms with Crippen molar-refractivity contribution in [1.82, 2.24) is 15.4 Å². The van der Waals surface area contributed by atoms with E-state index in [0.717, 1.165) is 0 Å². The monoisotopic (exact) mass is 240 g/mol. The summed E-state index contributed by atoms with van der Waals surface area (Å²) >= 11 is 0. The average molecular weight is 241 g/mol. The number of nitrogen functional groups attached to an aromatic ring is 1. The molecule has 0 fully saturated rings. The molecule has 0 aliphatic heterocycles. The van der Waals surface area contributed by atoms with Gasteiger partial charge in [-0.3, -0.25) is 10.2 Å². The minimum Gasteiger partial charge on any atom is -0.467 e. The highest BCUT2D eigenvalue weighted by Crippen LogP contribution is 2.00. The van der Waals surface area contributed by atoms with E-state index in [1.165, 1.54) is 19.5 Å². The number of amides is 1. The first-order chi connectivity index (χ1) is 5.77. The summed E-state index contributed by atoms with van der Waals surface area (Å²) in [5.41, 5.74) is 2.25. The van der Waals surface area contributed by atoms with Crippen molar-refractivity contribution in [1.29, 1.82) is 0 Å². The summed E-state index contributed by atoms with van der Waals surface area (Å²) < 4.78 is 4.70. The number of methoxy groups -OCH3 is 1. The van der Waals surface area contributed by atoms with Crippen molar-refractivity contribution in [2.75, 3.05) is 7.11 Å². The Balaban J connectivity index is 0. The second-order valence-corrected chi connectivity index (χ2v) is 1.93. The van der Waals surface area contributed by atoms with Crippen LogP contribution < -0.4 is 16.0 Å². The third-order valence-electron chi connectivity index (χ3n) is 1.20. The third-order valence-corrected chi connectivity index (χ3v) is 1.20. The largest absolute Gasteiger partial charge is 0.467 e. The number of aromatic nitrogens is 2. The van der Waals surface area contributed by atoms with Crippen LogP contribution in [-0.4, -0.2) is 23.0 Å². The van der Waals surface area contributed by atoms with Gasteiger partial charge >= 0.3 is 6.01 Å². The number of hydrazine groups is 1. The first-order valence-electron chi connectivity index (χ1n) is 3.15. The smallest absolute Gasteiger partial charge is 0.316 e. The fourth-order valence-electron chi connectivity index (χ4n) is 0.622. The summed E-state index contributed by atoms with van der Waals surface area (Å²) in [6.07, 6.45) is 2.65. The SMILES string of the molecule is COc1ncc(C(=O)NN)cn1.Cl.Cl. The Morgan fingerprint density at radius 2 is 1.93 bits per heavy atom. The number of halogens is 2.